The van der Waals surface area contributed by atoms with Crippen molar-refractivity contribution in [2.75, 3.05) is 5.73 Å². The van der Waals surface area contributed by atoms with Crippen molar-refractivity contribution in [1.82, 2.24) is 9.55 Å². The van der Waals surface area contributed by atoms with Crippen LogP contribution in [0.5, 0.6) is 0 Å². The largest absolute Gasteiger partial charge is 0.393 e. The molecule has 1 aromatic carbocycles. The lowest BCUT2D eigenvalue weighted by molar-refractivity contribution is 0.626. The third-order valence-corrected chi connectivity index (χ3v) is 2.15. The van der Waals surface area contributed by atoms with E-state index in [9.17, 15) is 9.18 Å². The maximum absolute atomic E-state index is 12.7. The third kappa shape index (κ3) is 2.25. The lowest BCUT2D eigenvalue weighted by Crippen LogP contribution is -2.15. The minimum Gasteiger partial charge on any atom is -0.393 e. The fourth-order valence-corrected chi connectivity index (χ4v) is 1.36. The second-order valence-electron chi connectivity index (χ2n) is 3.43. The van der Waals surface area contributed by atoms with E-state index in [-0.39, 0.29) is 11.5 Å². The van der Waals surface area contributed by atoms with Crippen LogP contribution < -0.4 is 11.3 Å². The summed E-state index contributed by atoms with van der Waals surface area (Å²) in [6, 6.07) is 6.11. The van der Waals surface area contributed by atoms with Crippen LogP contribution in [0.4, 0.5) is 10.1 Å². The zero-order chi connectivity index (χ0) is 11.5. The van der Waals surface area contributed by atoms with E-state index in [1.165, 1.54) is 24.7 Å². The van der Waals surface area contributed by atoms with Crippen molar-refractivity contribution in [3.05, 3.63) is 58.5 Å². The molecule has 0 aliphatic heterocycles. The average Bonchev–Trinajstić information content (AvgIpc) is 2.27. The molecule has 0 aliphatic rings. The van der Waals surface area contributed by atoms with Crippen molar-refractivity contribution in [1.29, 1.82) is 0 Å². The van der Waals surface area contributed by atoms with E-state index in [4.69, 9.17) is 5.73 Å². The highest BCUT2D eigenvalue weighted by Gasteiger charge is 1.98. The Labute approximate surface area is 91.2 Å². The topological polar surface area (TPSA) is 60.9 Å². The lowest BCUT2D eigenvalue weighted by atomic mass is 10.2. The summed E-state index contributed by atoms with van der Waals surface area (Å²) >= 11 is 0. The Morgan fingerprint density at radius 3 is 2.62 bits per heavy atom. The van der Waals surface area contributed by atoms with Gasteiger partial charge in [-0.25, -0.2) is 4.39 Å². The average molecular weight is 219 g/mol. The van der Waals surface area contributed by atoms with Gasteiger partial charge in [-0.15, -0.1) is 0 Å². The molecule has 0 fully saturated rings. The first kappa shape index (κ1) is 10.4. The van der Waals surface area contributed by atoms with Gasteiger partial charge in [-0.2, -0.15) is 4.98 Å². The van der Waals surface area contributed by atoms with Crippen molar-refractivity contribution in [3.8, 4) is 0 Å². The number of halogens is 1. The van der Waals surface area contributed by atoms with Crippen LogP contribution in [0.3, 0.4) is 0 Å². The van der Waals surface area contributed by atoms with Gasteiger partial charge >= 0.3 is 0 Å². The molecule has 4 nitrogen and oxygen atoms in total. The Hall–Kier alpha value is -2.17. The highest BCUT2D eigenvalue weighted by Crippen LogP contribution is 2.05. The second kappa shape index (κ2) is 4.14. The van der Waals surface area contributed by atoms with Gasteiger partial charge in [0.05, 0.1) is 6.33 Å². The van der Waals surface area contributed by atoms with Crippen molar-refractivity contribution in [3.63, 3.8) is 0 Å². The van der Waals surface area contributed by atoms with Crippen LogP contribution in [-0.4, -0.2) is 9.55 Å². The summed E-state index contributed by atoms with van der Waals surface area (Å²) in [6.07, 6.45) is 2.92. The number of hydrogen-bond acceptors (Lipinski definition) is 3. The van der Waals surface area contributed by atoms with Crippen LogP contribution in [0.25, 0.3) is 0 Å². The van der Waals surface area contributed by atoms with Gasteiger partial charge in [-0.1, -0.05) is 12.1 Å². The number of anilines is 1. The number of hydrogen-bond donors (Lipinski definition) is 1. The standard InChI is InChI=1S/C11H10FN3O/c12-9-3-1-8(2-4-9)5-15-6-10(13)11(16)14-7-15/h1-4,6-7H,5,13H2. The van der Waals surface area contributed by atoms with Gasteiger partial charge in [-0.3, -0.25) is 4.79 Å². The van der Waals surface area contributed by atoms with Gasteiger partial charge in [0.15, 0.2) is 0 Å². The van der Waals surface area contributed by atoms with E-state index in [1.54, 1.807) is 16.7 Å². The maximum Gasteiger partial charge on any atom is 0.295 e. The van der Waals surface area contributed by atoms with Crippen molar-refractivity contribution in [2.45, 2.75) is 6.54 Å². The number of nitrogens with two attached hydrogens (primary N) is 1. The first-order valence-corrected chi connectivity index (χ1v) is 4.71. The predicted molar refractivity (Wildman–Crippen MR) is 58.4 cm³/mol. The SMILES string of the molecule is Nc1cn(Cc2ccc(F)cc2)cnc1=O. The van der Waals surface area contributed by atoms with Crippen LogP contribution in [0.15, 0.2) is 41.6 Å². The molecule has 0 amide bonds. The van der Waals surface area contributed by atoms with Crippen LogP contribution in [0, 0.1) is 5.82 Å². The van der Waals surface area contributed by atoms with E-state index < -0.39 is 5.56 Å². The minimum absolute atomic E-state index is 0.101. The molecule has 0 aliphatic carbocycles. The smallest absolute Gasteiger partial charge is 0.295 e. The quantitative estimate of drug-likeness (QED) is 0.820. The molecule has 1 heterocycles. The summed E-state index contributed by atoms with van der Waals surface area (Å²) in [5.74, 6) is -0.277. The molecule has 2 aromatic rings. The monoisotopic (exact) mass is 219 g/mol. The lowest BCUT2D eigenvalue weighted by Gasteiger charge is -2.06. The van der Waals surface area contributed by atoms with Gasteiger partial charge in [-0.05, 0) is 17.7 Å². The van der Waals surface area contributed by atoms with Crippen molar-refractivity contribution >= 4 is 5.69 Å². The number of rotatable bonds is 2. The summed E-state index contributed by atoms with van der Waals surface area (Å²) in [7, 11) is 0. The molecule has 0 bridgehead atoms. The Morgan fingerprint density at radius 1 is 1.31 bits per heavy atom. The van der Waals surface area contributed by atoms with Crippen LogP contribution in [0.1, 0.15) is 5.56 Å². The van der Waals surface area contributed by atoms with Crippen LogP contribution in [-0.2, 0) is 6.54 Å². The van der Waals surface area contributed by atoms with Crippen LogP contribution in [0.2, 0.25) is 0 Å². The van der Waals surface area contributed by atoms with Gasteiger partial charge in [0.25, 0.3) is 5.56 Å². The van der Waals surface area contributed by atoms with Gasteiger partial charge < -0.3 is 10.3 Å². The zero-order valence-corrected chi connectivity index (χ0v) is 8.43. The van der Waals surface area contributed by atoms with E-state index in [0.717, 1.165) is 5.56 Å². The Bertz CT molecular complexity index is 548. The van der Waals surface area contributed by atoms with Gasteiger partial charge in [0.2, 0.25) is 0 Å². The Balaban J connectivity index is 2.23. The first-order chi connectivity index (χ1) is 7.65. The highest BCUT2D eigenvalue weighted by molar-refractivity contribution is 5.30. The Morgan fingerprint density at radius 2 is 2.00 bits per heavy atom. The fraction of sp³-hybridized carbons (Fsp3) is 0.0909. The van der Waals surface area contributed by atoms with Crippen molar-refractivity contribution in [2.24, 2.45) is 0 Å². The highest BCUT2D eigenvalue weighted by atomic mass is 19.1. The molecule has 82 valence electrons. The molecule has 0 atom stereocenters. The summed E-state index contributed by atoms with van der Waals surface area (Å²) in [5.41, 5.74) is 6.02. The molecule has 16 heavy (non-hydrogen) atoms. The fourth-order valence-electron chi connectivity index (χ4n) is 1.36. The summed E-state index contributed by atoms with van der Waals surface area (Å²) in [4.78, 5) is 14.6. The zero-order valence-electron chi connectivity index (χ0n) is 8.43. The molecule has 0 spiro atoms. The van der Waals surface area contributed by atoms with E-state index >= 15 is 0 Å². The third-order valence-electron chi connectivity index (χ3n) is 2.15. The molecule has 2 rings (SSSR count). The molecule has 5 heteroatoms. The molecule has 0 unspecified atom stereocenters. The van der Waals surface area contributed by atoms with Crippen LogP contribution >= 0.6 is 0 Å². The summed E-state index contributed by atoms with van der Waals surface area (Å²) in [6.45, 7) is 0.498. The number of nitrogen functional groups attached to an aromatic ring is 1. The predicted octanol–water partition coefficient (Wildman–Crippen LogP) is 1.01. The Kier molecular flexibility index (Phi) is 2.68. The molecule has 0 saturated carbocycles. The normalized spacial score (nSPS) is 10.3. The molecular formula is C11H10FN3O. The first-order valence-electron chi connectivity index (χ1n) is 4.71. The number of aromatic nitrogens is 2. The minimum atomic E-state index is -0.435. The summed E-state index contributed by atoms with van der Waals surface area (Å²) in [5, 5.41) is 0. The molecular weight excluding hydrogens is 209 g/mol. The van der Waals surface area contributed by atoms with Crippen molar-refractivity contribution < 1.29 is 4.39 Å². The maximum atomic E-state index is 12.7. The molecule has 1 aromatic heterocycles. The van der Waals surface area contributed by atoms with Gasteiger partial charge in [0.1, 0.15) is 11.5 Å². The number of nitrogens with zero attached hydrogens (tertiary/aromatic N) is 2. The van der Waals surface area contributed by atoms with E-state index in [1.807, 2.05) is 0 Å². The van der Waals surface area contributed by atoms with Gasteiger partial charge in [0, 0.05) is 12.7 Å². The summed E-state index contributed by atoms with van der Waals surface area (Å²) < 4.78 is 14.3. The number of benzene rings is 1. The van der Waals surface area contributed by atoms with E-state index in [0.29, 0.717) is 6.54 Å². The van der Waals surface area contributed by atoms with E-state index in [2.05, 4.69) is 4.98 Å². The molecule has 0 radical (unpaired) electrons. The second-order valence-corrected chi connectivity index (χ2v) is 3.43. The molecule has 0 saturated heterocycles. The molecule has 2 N–H and O–H groups in total.